The second kappa shape index (κ2) is 15.6. The predicted molar refractivity (Wildman–Crippen MR) is 67.2 cm³/mol. The summed E-state index contributed by atoms with van der Waals surface area (Å²) in [5.74, 6) is 0. The zero-order chi connectivity index (χ0) is 11.6. The van der Waals surface area contributed by atoms with Crippen LogP contribution in [0.15, 0.2) is 48.8 Å². The molecule has 0 fully saturated rings. The first-order chi connectivity index (χ1) is 7.86. The average molecular weight is 480 g/mol. The summed E-state index contributed by atoms with van der Waals surface area (Å²) in [4.78, 5) is 8.19. The van der Waals surface area contributed by atoms with E-state index in [0.29, 0.717) is 0 Å². The van der Waals surface area contributed by atoms with Gasteiger partial charge in [0.15, 0.2) is 0 Å². The summed E-state index contributed by atoms with van der Waals surface area (Å²) in [5.41, 5.74) is 2.32. The van der Waals surface area contributed by atoms with Gasteiger partial charge < -0.3 is 24.8 Å². The summed E-state index contributed by atoms with van der Waals surface area (Å²) >= 11 is 0. The molecule has 2 rings (SSSR count). The van der Waals surface area contributed by atoms with Crippen molar-refractivity contribution in [2.24, 2.45) is 0 Å². The van der Waals surface area contributed by atoms with Crippen molar-refractivity contribution in [2.45, 2.75) is 26.7 Å². The van der Waals surface area contributed by atoms with Gasteiger partial charge in [0.1, 0.15) is 0 Å². The van der Waals surface area contributed by atoms with Crippen LogP contribution in [-0.2, 0) is 33.9 Å². The fraction of sp³-hybridized carbons (Fsp3) is 0.286. The zero-order valence-corrected chi connectivity index (χ0v) is 14.8. The van der Waals surface area contributed by atoms with E-state index in [1.165, 1.54) is 0 Å². The molecule has 0 unspecified atom stereocenters. The molecule has 0 radical (unpaired) electrons. The largest absolute Gasteiger partial charge is 2.00 e. The first-order valence-electron chi connectivity index (χ1n) is 5.66. The van der Waals surface area contributed by atoms with E-state index in [1.807, 2.05) is 48.8 Å². The molecule has 0 saturated heterocycles. The van der Waals surface area contributed by atoms with Crippen LogP contribution in [0.1, 0.15) is 25.2 Å². The summed E-state index contributed by atoms with van der Waals surface area (Å²) in [6.45, 7) is 4.20. The molecule has 0 aliphatic rings. The topological polar surface area (TPSA) is 25.8 Å². The molecule has 0 saturated carbocycles. The van der Waals surface area contributed by atoms with Gasteiger partial charge in [0, 0.05) is 23.8 Å². The molecule has 0 atom stereocenters. The first-order valence-corrected chi connectivity index (χ1v) is 5.66. The number of aromatic nitrogens is 2. The normalized spacial score (nSPS) is 7.68. The fourth-order valence-electron chi connectivity index (χ4n) is 1.21. The Kier molecular flexibility index (Phi) is 19.4. The molecule has 0 amide bonds. The number of aryl methyl sites for hydroxylation is 2. The molecule has 5 heteroatoms. The smallest absolute Gasteiger partial charge is 1.00 e. The van der Waals surface area contributed by atoms with E-state index in [9.17, 15) is 0 Å². The Bertz CT molecular complexity index is 346. The van der Waals surface area contributed by atoms with Crippen molar-refractivity contribution < 1.29 is 45.9 Å². The molecule has 0 aromatic carbocycles. The van der Waals surface area contributed by atoms with Gasteiger partial charge in [-0.2, -0.15) is 0 Å². The van der Waals surface area contributed by atoms with E-state index in [-0.39, 0.29) is 45.9 Å². The molecule has 0 aliphatic carbocycles. The maximum absolute atomic E-state index is 4.10. The molecule has 2 aromatic heterocycles. The van der Waals surface area contributed by atoms with E-state index >= 15 is 0 Å². The molecule has 0 spiro atoms. The summed E-state index contributed by atoms with van der Waals surface area (Å²) in [6, 6.07) is 11.9. The summed E-state index contributed by atoms with van der Waals surface area (Å²) in [5, 5.41) is 0. The molecular weight excluding hydrogens is 462 g/mol. The minimum atomic E-state index is 0. The monoisotopic (exact) mass is 479 g/mol. The minimum absolute atomic E-state index is 0. The van der Waals surface area contributed by atoms with Crippen LogP contribution in [0, 0.1) is 0 Å². The molecule has 2 aromatic rings. The van der Waals surface area contributed by atoms with Gasteiger partial charge in [-0.15, -0.1) is 0 Å². The molecular formula is C14H18Cl2N2Pt. The second-order valence-electron chi connectivity index (χ2n) is 3.35. The van der Waals surface area contributed by atoms with Gasteiger partial charge >= 0.3 is 21.1 Å². The minimum Gasteiger partial charge on any atom is -1.00 e. The summed E-state index contributed by atoms with van der Waals surface area (Å²) < 4.78 is 0. The molecule has 19 heavy (non-hydrogen) atoms. The van der Waals surface area contributed by atoms with Gasteiger partial charge in [-0.3, -0.25) is 9.97 Å². The van der Waals surface area contributed by atoms with Crippen LogP contribution in [0.4, 0.5) is 0 Å². The van der Waals surface area contributed by atoms with Crippen LogP contribution in [-0.4, -0.2) is 9.97 Å². The van der Waals surface area contributed by atoms with Crippen molar-refractivity contribution in [3.63, 3.8) is 0 Å². The Morgan fingerprint density at radius 2 is 1.11 bits per heavy atom. The third kappa shape index (κ3) is 11.1. The Labute approximate surface area is 142 Å². The van der Waals surface area contributed by atoms with Gasteiger partial charge in [0.05, 0.1) is 0 Å². The van der Waals surface area contributed by atoms with Gasteiger partial charge in [-0.05, 0) is 37.1 Å². The zero-order valence-electron chi connectivity index (χ0n) is 11.0. The third-order valence-electron chi connectivity index (χ3n) is 2.18. The van der Waals surface area contributed by atoms with Crippen molar-refractivity contribution in [2.75, 3.05) is 0 Å². The van der Waals surface area contributed by atoms with Crippen LogP contribution in [0.2, 0.25) is 0 Å². The van der Waals surface area contributed by atoms with E-state index in [2.05, 4.69) is 23.8 Å². The molecule has 2 heterocycles. The van der Waals surface area contributed by atoms with E-state index in [0.717, 1.165) is 24.2 Å². The quantitative estimate of drug-likeness (QED) is 0.468. The van der Waals surface area contributed by atoms with E-state index < -0.39 is 0 Å². The Balaban J connectivity index is -0.000000233. The SMILES string of the molecule is CCc1ccccn1.CCc1ccccn1.[Cl-].[Cl-].[Pt+2]. The fourth-order valence-corrected chi connectivity index (χ4v) is 1.21. The van der Waals surface area contributed by atoms with Crippen LogP contribution in [0.25, 0.3) is 0 Å². The van der Waals surface area contributed by atoms with Crippen molar-refractivity contribution in [3.05, 3.63) is 60.2 Å². The van der Waals surface area contributed by atoms with Crippen LogP contribution in [0.3, 0.4) is 0 Å². The third-order valence-corrected chi connectivity index (χ3v) is 2.18. The molecule has 0 N–H and O–H groups in total. The Hall–Kier alpha value is -0.432. The van der Waals surface area contributed by atoms with Gasteiger partial charge in [0.2, 0.25) is 0 Å². The number of nitrogens with zero attached hydrogens (tertiary/aromatic N) is 2. The Morgan fingerprint density at radius 3 is 1.26 bits per heavy atom. The predicted octanol–water partition coefficient (Wildman–Crippen LogP) is -2.71. The van der Waals surface area contributed by atoms with Gasteiger partial charge in [-0.1, -0.05) is 26.0 Å². The Morgan fingerprint density at radius 1 is 0.737 bits per heavy atom. The molecule has 108 valence electrons. The van der Waals surface area contributed by atoms with Crippen LogP contribution in [0.5, 0.6) is 0 Å². The van der Waals surface area contributed by atoms with Crippen molar-refractivity contribution >= 4 is 0 Å². The van der Waals surface area contributed by atoms with Crippen molar-refractivity contribution in [3.8, 4) is 0 Å². The average Bonchev–Trinajstić information content (AvgIpc) is 2.41. The van der Waals surface area contributed by atoms with E-state index in [1.54, 1.807) is 0 Å². The first kappa shape index (κ1) is 23.6. The number of hydrogen-bond donors (Lipinski definition) is 0. The van der Waals surface area contributed by atoms with Gasteiger partial charge in [0.25, 0.3) is 0 Å². The summed E-state index contributed by atoms with van der Waals surface area (Å²) in [7, 11) is 0. The van der Waals surface area contributed by atoms with E-state index in [4.69, 9.17) is 0 Å². The number of halogens is 2. The molecule has 0 aliphatic heterocycles. The number of hydrogen-bond acceptors (Lipinski definition) is 2. The van der Waals surface area contributed by atoms with Crippen molar-refractivity contribution in [1.29, 1.82) is 0 Å². The maximum Gasteiger partial charge on any atom is 2.00 e. The van der Waals surface area contributed by atoms with Gasteiger partial charge in [-0.25, -0.2) is 0 Å². The van der Waals surface area contributed by atoms with Crippen LogP contribution < -0.4 is 24.8 Å². The summed E-state index contributed by atoms with van der Waals surface area (Å²) in [6.07, 6.45) is 5.69. The second-order valence-corrected chi connectivity index (χ2v) is 3.35. The maximum atomic E-state index is 4.10. The number of pyridine rings is 2. The van der Waals surface area contributed by atoms with Crippen LogP contribution >= 0.6 is 0 Å². The molecule has 0 bridgehead atoms. The van der Waals surface area contributed by atoms with Crippen molar-refractivity contribution in [1.82, 2.24) is 9.97 Å². The molecule has 2 nitrogen and oxygen atoms in total. The standard InChI is InChI=1S/2C7H9N.2ClH.Pt/c2*1-2-7-5-3-4-6-8-7;;;/h2*3-6H,2H2,1H3;2*1H;/q;;;;+2/p-2. The number of rotatable bonds is 2.